The van der Waals surface area contributed by atoms with Crippen LogP contribution in [-0.4, -0.2) is 5.54 Å². The number of anilines is 1. The normalized spacial score (nSPS) is 12.9. The molecule has 1 heterocycles. The lowest BCUT2D eigenvalue weighted by Crippen LogP contribution is -2.51. The fraction of sp³-hybridized carbons (Fsp3) is 0.348. The van der Waals surface area contributed by atoms with Crippen LogP contribution in [0.3, 0.4) is 0 Å². The van der Waals surface area contributed by atoms with E-state index in [4.69, 9.17) is 0 Å². The van der Waals surface area contributed by atoms with Crippen LogP contribution in [-0.2, 0) is 5.54 Å². The van der Waals surface area contributed by atoms with E-state index in [1.807, 2.05) is 0 Å². The highest BCUT2D eigenvalue weighted by Gasteiger charge is 2.23. The van der Waals surface area contributed by atoms with Crippen LogP contribution in [0.4, 0.5) is 5.69 Å². The summed E-state index contributed by atoms with van der Waals surface area (Å²) in [6.45, 7) is 13.3. The molecule has 0 aliphatic heterocycles. The molecule has 0 N–H and O–H groups in total. The van der Waals surface area contributed by atoms with Crippen molar-refractivity contribution in [2.75, 3.05) is 4.90 Å². The molecule has 0 unspecified atom stereocenters. The maximum Gasteiger partial charge on any atom is 0.205 e. The smallest absolute Gasteiger partial charge is 0.205 e. The minimum Gasteiger partial charge on any atom is -0.343 e. The average Bonchev–Trinajstić information content (AvgIpc) is 2.54. The standard InChI is InChI=1S/C23H31N2/c1-22(2,3)24(20-14-8-7-9-15-20)18-12-10-16-21-17-11-13-19-25(21)23(4,5)6/h7-19H,1-6H3/q+1. The summed E-state index contributed by atoms with van der Waals surface area (Å²) < 4.78 is 2.29. The molecule has 1 aromatic carbocycles. The summed E-state index contributed by atoms with van der Waals surface area (Å²) in [6, 6.07) is 16.8. The molecule has 1 aromatic heterocycles. The van der Waals surface area contributed by atoms with E-state index in [1.165, 1.54) is 11.4 Å². The zero-order valence-corrected chi connectivity index (χ0v) is 16.4. The van der Waals surface area contributed by atoms with Gasteiger partial charge < -0.3 is 4.90 Å². The van der Waals surface area contributed by atoms with Gasteiger partial charge in [0.1, 0.15) is 0 Å². The molecule has 2 rings (SSSR count). The maximum atomic E-state index is 2.29. The Labute approximate surface area is 153 Å². The Morgan fingerprint density at radius 2 is 1.44 bits per heavy atom. The van der Waals surface area contributed by atoms with Crippen molar-refractivity contribution in [1.29, 1.82) is 0 Å². The number of aromatic nitrogens is 1. The van der Waals surface area contributed by atoms with E-state index >= 15 is 0 Å². The van der Waals surface area contributed by atoms with Gasteiger partial charge in [-0.15, -0.1) is 0 Å². The van der Waals surface area contributed by atoms with Gasteiger partial charge in [-0.05, 0) is 45.0 Å². The second kappa shape index (κ2) is 7.69. The quantitative estimate of drug-likeness (QED) is 0.524. The molecule has 0 bridgehead atoms. The summed E-state index contributed by atoms with van der Waals surface area (Å²) in [6.07, 6.45) is 10.7. The largest absolute Gasteiger partial charge is 0.343 e. The second-order valence-electron chi connectivity index (χ2n) is 8.24. The molecular formula is C23H31N2+. The van der Waals surface area contributed by atoms with Crippen molar-refractivity contribution in [2.45, 2.75) is 52.6 Å². The van der Waals surface area contributed by atoms with Crippen LogP contribution in [0.2, 0.25) is 0 Å². The van der Waals surface area contributed by atoms with Gasteiger partial charge >= 0.3 is 0 Å². The molecule has 2 aromatic rings. The number of nitrogens with zero attached hydrogens (tertiary/aromatic N) is 2. The lowest BCUT2D eigenvalue weighted by atomic mass is 10.1. The first-order valence-electron chi connectivity index (χ1n) is 8.90. The van der Waals surface area contributed by atoms with Crippen LogP contribution in [0.25, 0.3) is 6.08 Å². The number of pyridine rings is 1. The first-order valence-corrected chi connectivity index (χ1v) is 8.90. The van der Waals surface area contributed by atoms with Gasteiger partial charge in [-0.25, -0.2) is 0 Å². The minimum atomic E-state index is 0.0176. The van der Waals surface area contributed by atoms with Crippen molar-refractivity contribution in [3.05, 3.63) is 78.8 Å². The molecule has 0 saturated carbocycles. The highest BCUT2D eigenvalue weighted by atomic mass is 15.2. The topological polar surface area (TPSA) is 7.12 Å². The number of hydrogen-bond acceptors (Lipinski definition) is 1. The molecule has 0 amide bonds. The predicted octanol–water partition coefficient (Wildman–Crippen LogP) is 5.56. The van der Waals surface area contributed by atoms with Crippen LogP contribution in [0.15, 0.2) is 73.1 Å². The summed E-state index contributed by atoms with van der Waals surface area (Å²) in [7, 11) is 0. The average molecular weight is 336 g/mol. The van der Waals surface area contributed by atoms with E-state index in [1.54, 1.807) is 0 Å². The molecule has 0 aliphatic carbocycles. The van der Waals surface area contributed by atoms with Crippen molar-refractivity contribution in [2.24, 2.45) is 0 Å². The minimum absolute atomic E-state index is 0.0176. The predicted molar refractivity (Wildman–Crippen MR) is 108 cm³/mol. The molecular weight excluding hydrogens is 304 g/mol. The molecule has 0 atom stereocenters. The molecule has 0 spiro atoms. The van der Waals surface area contributed by atoms with Crippen molar-refractivity contribution >= 4 is 11.8 Å². The van der Waals surface area contributed by atoms with Gasteiger partial charge in [0.2, 0.25) is 5.69 Å². The fourth-order valence-electron chi connectivity index (χ4n) is 2.78. The van der Waals surface area contributed by atoms with Crippen molar-refractivity contribution in [1.82, 2.24) is 0 Å². The third kappa shape index (κ3) is 5.32. The fourth-order valence-corrected chi connectivity index (χ4v) is 2.78. The van der Waals surface area contributed by atoms with Crippen LogP contribution < -0.4 is 9.47 Å². The Balaban J connectivity index is 2.23. The summed E-state index contributed by atoms with van der Waals surface area (Å²) in [4.78, 5) is 2.29. The van der Waals surface area contributed by atoms with Gasteiger partial charge in [-0.2, -0.15) is 4.57 Å². The maximum absolute atomic E-state index is 2.29. The number of allylic oxidation sites excluding steroid dienone is 2. The molecule has 0 aliphatic rings. The first-order chi connectivity index (χ1) is 11.7. The van der Waals surface area contributed by atoms with E-state index in [0.717, 1.165) is 0 Å². The SMILES string of the molecule is CC(C)(C)N(C=C/C=C/c1cccc[n+]1C(C)(C)C)c1ccccc1. The summed E-state index contributed by atoms with van der Waals surface area (Å²) in [5.74, 6) is 0. The zero-order chi connectivity index (χ0) is 18.5. The highest BCUT2D eigenvalue weighted by molar-refractivity contribution is 5.52. The molecule has 132 valence electrons. The monoisotopic (exact) mass is 335 g/mol. The van der Waals surface area contributed by atoms with E-state index in [0.29, 0.717) is 0 Å². The van der Waals surface area contributed by atoms with Crippen LogP contribution in [0, 0.1) is 0 Å². The van der Waals surface area contributed by atoms with Crippen LogP contribution >= 0.6 is 0 Å². The summed E-state index contributed by atoms with van der Waals surface area (Å²) in [5, 5.41) is 0. The third-order valence-electron chi connectivity index (χ3n) is 3.98. The Morgan fingerprint density at radius 3 is 2.04 bits per heavy atom. The molecule has 25 heavy (non-hydrogen) atoms. The molecule has 0 fully saturated rings. The Kier molecular flexibility index (Phi) is 5.84. The highest BCUT2D eigenvalue weighted by Crippen LogP contribution is 2.23. The van der Waals surface area contributed by atoms with Gasteiger partial charge in [0.05, 0.1) is 0 Å². The van der Waals surface area contributed by atoms with Gasteiger partial charge in [0.25, 0.3) is 0 Å². The number of rotatable bonds is 4. The van der Waals surface area contributed by atoms with Crippen molar-refractivity contribution in [3.8, 4) is 0 Å². The first kappa shape index (κ1) is 19.0. The van der Waals surface area contributed by atoms with E-state index in [9.17, 15) is 0 Å². The third-order valence-corrected chi connectivity index (χ3v) is 3.98. The van der Waals surface area contributed by atoms with Gasteiger partial charge in [0, 0.05) is 56.4 Å². The van der Waals surface area contributed by atoms with Gasteiger partial charge in [-0.1, -0.05) is 24.3 Å². The molecule has 2 heteroatoms. The molecule has 2 nitrogen and oxygen atoms in total. The Morgan fingerprint density at radius 1 is 0.800 bits per heavy atom. The zero-order valence-electron chi connectivity index (χ0n) is 16.4. The Hall–Kier alpha value is -2.35. The molecule has 0 radical (unpaired) electrons. The molecule has 0 saturated heterocycles. The van der Waals surface area contributed by atoms with Crippen LogP contribution in [0.5, 0.6) is 0 Å². The van der Waals surface area contributed by atoms with E-state index < -0.39 is 0 Å². The van der Waals surface area contributed by atoms with E-state index in [-0.39, 0.29) is 11.1 Å². The number of para-hydroxylation sites is 1. The lowest BCUT2D eigenvalue weighted by Gasteiger charge is -2.34. The van der Waals surface area contributed by atoms with Crippen molar-refractivity contribution in [3.63, 3.8) is 0 Å². The summed E-state index contributed by atoms with van der Waals surface area (Å²) in [5.41, 5.74) is 2.47. The summed E-state index contributed by atoms with van der Waals surface area (Å²) >= 11 is 0. The lowest BCUT2D eigenvalue weighted by molar-refractivity contribution is -0.755. The van der Waals surface area contributed by atoms with Crippen LogP contribution in [0.1, 0.15) is 47.2 Å². The Bertz CT molecular complexity index is 729. The van der Waals surface area contributed by atoms with Gasteiger partial charge in [0.15, 0.2) is 11.7 Å². The second-order valence-corrected chi connectivity index (χ2v) is 8.24. The van der Waals surface area contributed by atoms with Gasteiger partial charge in [-0.3, -0.25) is 0 Å². The van der Waals surface area contributed by atoms with E-state index in [2.05, 4.69) is 130 Å². The number of benzene rings is 1. The van der Waals surface area contributed by atoms with Crippen molar-refractivity contribution < 1.29 is 4.57 Å². The number of hydrogen-bond donors (Lipinski definition) is 0.